The maximum absolute atomic E-state index is 5.74. The number of hydrogen-bond donors (Lipinski definition) is 1. The van der Waals surface area contributed by atoms with Crippen LogP contribution in [0.15, 0.2) is 18.2 Å². The van der Waals surface area contributed by atoms with Crippen LogP contribution in [0.2, 0.25) is 0 Å². The Morgan fingerprint density at radius 1 is 1.38 bits per heavy atom. The van der Waals surface area contributed by atoms with Crippen LogP contribution in [0.5, 0.6) is 5.75 Å². The Morgan fingerprint density at radius 3 is 2.67 bits per heavy atom. The molecule has 0 atom stereocenters. The fourth-order valence-corrected chi connectivity index (χ4v) is 2.90. The molecule has 2 rings (SSSR count). The van der Waals surface area contributed by atoms with Crippen molar-refractivity contribution >= 4 is 17.2 Å². The van der Waals surface area contributed by atoms with E-state index in [4.69, 9.17) is 22.7 Å². The highest BCUT2D eigenvalue weighted by Gasteiger charge is 2.31. The lowest BCUT2D eigenvalue weighted by molar-refractivity contribution is 0.0356. The minimum Gasteiger partial charge on any atom is -0.496 e. The van der Waals surface area contributed by atoms with Gasteiger partial charge in [0, 0.05) is 42.8 Å². The number of nitrogens with two attached hydrogens (primary N) is 1. The third-order valence-electron chi connectivity index (χ3n) is 4.35. The Bertz CT molecular complexity index is 530. The zero-order valence-corrected chi connectivity index (χ0v) is 14.2. The minimum absolute atomic E-state index is 0.187. The van der Waals surface area contributed by atoms with Gasteiger partial charge in [0.25, 0.3) is 0 Å². The van der Waals surface area contributed by atoms with E-state index in [-0.39, 0.29) is 5.54 Å². The molecule has 0 bridgehead atoms. The molecule has 5 heteroatoms. The number of methoxy groups -OCH3 is 1. The van der Waals surface area contributed by atoms with Crippen LogP contribution < -0.4 is 10.5 Å². The predicted octanol–water partition coefficient (Wildman–Crippen LogP) is 1.86. The number of nitrogens with zero attached hydrogens (tertiary/aromatic N) is 2. The highest BCUT2D eigenvalue weighted by molar-refractivity contribution is 7.80. The molecule has 1 aromatic rings. The van der Waals surface area contributed by atoms with Crippen molar-refractivity contribution in [3.8, 4) is 5.75 Å². The molecule has 1 fully saturated rings. The molecule has 116 valence electrons. The first kappa shape index (κ1) is 16.2. The van der Waals surface area contributed by atoms with E-state index in [1.165, 1.54) is 0 Å². The summed E-state index contributed by atoms with van der Waals surface area (Å²) in [6.45, 7) is 8.58. The van der Waals surface area contributed by atoms with Gasteiger partial charge in [-0.15, -0.1) is 0 Å². The number of ether oxygens (including phenoxy) is 1. The molecular formula is C16H25N3OS. The van der Waals surface area contributed by atoms with Crippen molar-refractivity contribution in [2.24, 2.45) is 5.73 Å². The van der Waals surface area contributed by atoms with E-state index in [0.717, 1.165) is 43.1 Å². The number of benzene rings is 1. The Morgan fingerprint density at radius 2 is 2.10 bits per heavy atom. The molecule has 1 aliphatic rings. The third-order valence-corrected chi connectivity index (χ3v) is 4.59. The van der Waals surface area contributed by atoms with Gasteiger partial charge in [0.15, 0.2) is 0 Å². The summed E-state index contributed by atoms with van der Waals surface area (Å²) >= 11 is 5.07. The monoisotopic (exact) mass is 307 g/mol. The molecular weight excluding hydrogens is 282 g/mol. The summed E-state index contributed by atoms with van der Waals surface area (Å²) in [5.41, 5.74) is 7.96. The summed E-state index contributed by atoms with van der Waals surface area (Å²) < 4.78 is 5.47. The molecule has 1 saturated heterocycles. The second kappa shape index (κ2) is 6.30. The predicted molar refractivity (Wildman–Crippen MR) is 90.9 cm³/mol. The standard InChI is InChI=1S/C16H25N3OS/c1-16(2)11-19(8-7-18(16)3)10-13-9-12(15(17)21)5-6-14(13)20-4/h5-6,9H,7-8,10-11H2,1-4H3,(H2,17,21). The molecule has 0 saturated carbocycles. The first-order chi connectivity index (χ1) is 9.83. The molecule has 1 aromatic carbocycles. The van der Waals surface area contributed by atoms with E-state index < -0.39 is 0 Å². The first-order valence-electron chi connectivity index (χ1n) is 7.24. The van der Waals surface area contributed by atoms with Gasteiger partial charge >= 0.3 is 0 Å². The molecule has 0 amide bonds. The summed E-state index contributed by atoms with van der Waals surface area (Å²) in [5, 5.41) is 0. The van der Waals surface area contributed by atoms with E-state index in [9.17, 15) is 0 Å². The highest BCUT2D eigenvalue weighted by Crippen LogP contribution is 2.25. The van der Waals surface area contributed by atoms with Crippen LogP contribution in [0, 0.1) is 0 Å². The van der Waals surface area contributed by atoms with Crippen LogP contribution in [-0.4, -0.2) is 54.1 Å². The van der Waals surface area contributed by atoms with Crippen molar-refractivity contribution < 1.29 is 4.74 Å². The van der Waals surface area contributed by atoms with Crippen LogP contribution in [0.4, 0.5) is 0 Å². The minimum atomic E-state index is 0.187. The van der Waals surface area contributed by atoms with Crippen molar-refractivity contribution in [2.75, 3.05) is 33.8 Å². The molecule has 4 nitrogen and oxygen atoms in total. The van der Waals surface area contributed by atoms with Crippen LogP contribution >= 0.6 is 12.2 Å². The largest absolute Gasteiger partial charge is 0.496 e. The van der Waals surface area contributed by atoms with Crippen LogP contribution in [0.25, 0.3) is 0 Å². The Kier molecular flexibility index (Phi) is 4.86. The van der Waals surface area contributed by atoms with Crippen LogP contribution in [0.1, 0.15) is 25.0 Å². The summed E-state index contributed by atoms with van der Waals surface area (Å²) in [6, 6.07) is 5.91. The molecule has 0 unspecified atom stereocenters. The number of rotatable bonds is 4. The van der Waals surface area contributed by atoms with Crippen LogP contribution in [-0.2, 0) is 6.54 Å². The molecule has 1 aliphatic heterocycles. The van der Waals surface area contributed by atoms with Gasteiger partial charge in [0.1, 0.15) is 10.7 Å². The number of thiocarbonyl (C=S) groups is 1. The number of piperazine rings is 1. The third kappa shape index (κ3) is 3.73. The van der Waals surface area contributed by atoms with E-state index in [1.54, 1.807) is 7.11 Å². The van der Waals surface area contributed by atoms with Crippen molar-refractivity contribution in [1.29, 1.82) is 0 Å². The maximum atomic E-state index is 5.74. The quantitative estimate of drug-likeness (QED) is 0.860. The van der Waals surface area contributed by atoms with Gasteiger partial charge in [-0.05, 0) is 39.1 Å². The SMILES string of the molecule is COc1ccc(C(N)=S)cc1CN1CCN(C)C(C)(C)C1. The molecule has 21 heavy (non-hydrogen) atoms. The molecule has 0 aliphatic carbocycles. The van der Waals surface area contributed by atoms with Gasteiger partial charge in [0.05, 0.1) is 7.11 Å². The van der Waals surface area contributed by atoms with E-state index >= 15 is 0 Å². The van der Waals surface area contributed by atoms with Gasteiger partial charge in [0.2, 0.25) is 0 Å². The van der Waals surface area contributed by atoms with Crippen molar-refractivity contribution in [2.45, 2.75) is 25.9 Å². The van der Waals surface area contributed by atoms with Gasteiger partial charge in [-0.3, -0.25) is 9.80 Å². The number of likely N-dealkylation sites (N-methyl/N-ethyl adjacent to an activating group) is 1. The van der Waals surface area contributed by atoms with E-state index in [0.29, 0.717) is 4.99 Å². The van der Waals surface area contributed by atoms with Gasteiger partial charge in [-0.1, -0.05) is 12.2 Å². The van der Waals surface area contributed by atoms with Crippen LogP contribution in [0.3, 0.4) is 0 Å². The lowest BCUT2D eigenvalue weighted by atomic mass is 9.99. The zero-order valence-electron chi connectivity index (χ0n) is 13.3. The maximum Gasteiger partial charge on any atom is 0.123 e. The van der Waals surface area contributed by atoms with Crippen molar-refractivity contribution in [1.82, 2.24) is 9.80 Å². The second-order valence-electron chi connectivity index (χ2n) is 6.34. The van der Waals surface area contributed by atoms with E-state index in [2.05, 4.69) is 30.7 Å². The molecule has 0 spiro atoms. The van der Waals surface area contributed by atoms with Gasteiger partial charge in [-0.2, -0.15) is 0 Å². The molecule has 0 radical (unpaired) electrons. The first-order valence-corrected chi connectivity index (χ1v) is 7.64. The second-order valence-corrected chi connectivity index (χ2v) is 6.78. The molecule has 0 aromatic heterocycles. The molecule has 1 heterocycles. The smallest absolute Gasteiger partial charge is 0.123 e. The summed E-state index contributed by atoms with van der Waals surface area (Å²) in [4.78, 5) is 5.30. The zero-order chi connectivity index (χ0) is 15.6. The lowest BCUT2D eigenvalue weighted by Crippen LogP contribution is -2.57. The Hall–Kier alpha value is -1.17. The van der Waals surface area contributed by atoms with E-state index in [1.807, 2.05) is 18.2 Å². The fraction of sp³-hybridized carbons (Fsp3) is 0.562. The lowest BCUT2D eigenvalue weighted by Gasteiger charge is -2.45. The summed E-state index contributed by atoms with van der Waals surface area (Å²) in [7, 11) is 3.89. The topological polar surface area (TPSA) is 41.7 Å². The average Bonchev–Trinajstić information content (AvgIpc) is 2.42. The summed E-state index contributed by atoms with van der Waals surface area (Å²) in [6.07, 6.45) is 0. The van der Waals surface area contributed by atoms with Crippen molar-refractivity contribution in [3.05, 3.63) is 29.3 Å². The Balaban J connectivity index is 2.18. The normalized spacial score (nSPS) is 19.4. The molecule has 2 N–H and O–H groups in total. The fourth-order valence-electron chi connectivity index (χ4n) is 2.77. The Labute approximate surface area is 132 Å². The number of hydrogen-bond acceptors (Lipinski definition) is 4. The van der Waals surface area contributed by atoms with Crippen molar-refractivity contribution in [3.63, 3.8) is 0 Å². The summed E-state index contributed by atoms with van der Waals surface area (Å²) in [5.74, 6) is 0.895. The van der Waals surface area contributed by atoms with Gasteiger partial charge < -0.3 is 10.5 Å². The average molecular weight is 307 g/mol. The highest BCUT2D eigenvalue weighted by atomic mass is 32.1. The van der Waals surface area contributed by atoms with Gasteiger partial charge in [-0.25, -0.2) is 0 Å².